The lowest BCUT2D eigenvalue weighted by atomic mass is 9.42. The van der Waals surface area contributed by atoms with Crippen LogP contribution < -0.4 is 0 Å². The van der Waals surface area contributed by atoms with E-state index < -0.39 is 34.4 Å². The van der Waals surface area contributed by atoms with Gasteiger partial charge in [0.05, 0.1) is 11.9 Å². The first-order chi connectivity index (χ1) is 12.4. The first-order valence-electron chi connectivity index (χ1n) is 9.83. The summed E-state index contributed by atoms with van der Waals surface area (Å²) in [5.41, 5.74) is -4.01. The predicted molar refractivity (Wildman–Crippen MR) is 101 cm³/mol. The fourth-order valence-corrected chi connectivity index (χ4v) is 6.47. The van der Waals surface area contributed by atoms with Crippen LogP contribution in [0.2, 0.25) is 0 Å². The lowest BCUT2D eigenvalue weighted by Gasteiger charge is -2.61. The lowest BCUT2D eigenvalue weighted by Crippen LogP contribution is -2.69. The molecule has 0 saturated heterocycles. The van der Waals surface area contributed by atoms with Crippen LogP contribution >= 0.6 is 0 Å². The van der Waals surface area contributed by atoms with Crippen molar-refractivity contribution in [3.63, 3.8) is 0 Å². The van der Waals surface area contributed by atoms with Crippen molar-refractivity contribution in [2.24, 2.45) is 35.0 Å². The molecule has 0 aliphatic heterocycles. The molecule has 6 nitrogen and oxygen atoms in total. The standard InChI is InChI=1S/C21H34O6/c1-6-13(11-23)17-20(4,15(24)7-8-22)16-12(2)9-19(3,26)10-14(16)18(25)21(17,5)27/h7-8,12-14,16-17,22-23,26-27H,6,9-11H2,1-5H3/b8-7-/t12-,13-,14+,16+,17-,19-,20-,21+/m1/s1. The summed E-state index contributed by atoms with van der Waals surface area (Å²) in [6, 6.07) is 0. The number of aliphatic hydroxyl groups excluding tert-OH is 2. The van der Waals surface area contributed by atoms with E-state index in [1.54, 1.807) is 13.8 Å². The molecule has 0 spiro atoms. The van der Waals surface area contributed by atoms with Crippen molar-refractivity contribution in [2.45, 2.75) is 65.1 Å². The Morgan fingerprint density at radius 3 is 2.33 bits per heavy atom. The Balaban J connectivity index is 2.74. The van der Waals surface area contributed by atoms with Gasteiger partial charge >= 0.3 is 0 Å². The van der Waals surface area contributed by atoms with Crippen LogP contribution in [0.4, 0.5) is 0 Å². The van der Waals surface area contributed by atoms with Gasteiger partial charge in [-0.05, 0) is 44.4 Å². The van der Waals surface area contributed by atoms with Crippen LogP contribution in [0.25, 0.3) is 0 Å². The minimum absolute atomic E-state index is 0.140. The van der Waals surface area contributed by atoms with Crippen LogP contribution in [-0.2, 0) is 9.59 Å². The molecule has 2 aliphatic rings. The van der Waals surface area contributed by atoms with Gasteiger partial charge in [0, 0.05) is 29.9 Å². The number of carbonyl (C=O) groups excluding carboxylic acids is 2. The van der Waals surface area contributed by atoms with Crippen molar-refractivity contribution in [3.8, 4) is 0 Å². The van der Waals surface area contributed by atoms with Crippen LogP contribution in [0, 0.1) is 35.0 Å². The molecule has 2 rings (SSSR count). The maximum atomic E-state index is 13.3. The smallest absolute Gasteiger partial charge is 0.167 e. The third kappa shape index (κ3) is 3.36. The number of hydrogen-bond donors (Lipinski definition) is 4. The molecule has 0 heterocycles. The van der Waals surface area contributed by atoms with Gasteiger partial charge in [0.2, 0.25) is 0 Å². The molecule has 2 fully saturated rings. The van der Waals surface area contributed by atoms with Gasteiger partial charge in [-0.25, -0.2) is 0 Å². The minimum atomic E-state index is -1.81. The Morgan fingerprint density at radius 2 is 1.85 bits per heavy atom. The van der Waals surface area contributed by atoms with Crippen LogP contribution in [0.15, 0.2) is 12.3 Å². The van der Waals surface area contributed by atoms with Crippen LogP contribution in [0.3, 0.4) is 0 Å². The maximum absolute atomic E-state index is 13.3. The van der Waals surface area contributed by atoms with Crippen molar-refractivity contribution < 1.29 is 30.0 Å². The van der Waals surface area contributed by atoms with Gasteiger partial charge in [0.1, 0.15) is 5.60 Å². The molecule has 6 heteroatoms. The first kappa shape index (κ1) is 22.1. The van der Waals surface area contributed by atoms with Gasteiger partial charge in [0.15, 0.2) is 11.6 Å². The fourth-order valence-electron chi connectivity index (χ4n) is 6.47. The van der Waals surface area contributed by atoms with Crippen LogP contribution in [0.1, 0.15) is 53.9 Å². The summed E-state index contributed by atoms with van der Waals surface area (Å²) in [7, 11) is 0. The predicted octanol–water partition coefficient (Wildman–Crippen LogP) is 2.02. The molecule has 2 saturated carbocycles. The highest BCUT2D eigenvalue weighted by Crippen LogP contribution is 2.61. The second-order valence-electron chi connectivity index (χ2n) is 9.32. The highest BCUT2D eigenvalue weighted by atomic mass is 16.3. The van der Waals surface area contributed by atoms with Gasteiger partial charge in [-0.15, -0.1) is 0 Å². The number of aliphatic hydroxyl groups is 4. The Labute approximate surface area is 161 Å². The highest BCUT2D eigenvalue weighted by Gasteiger charge is 2.67. The second-order valence-corrected chi connectivity index (χ2v) is 9.32. The average molecular weight is 382 g/mol. The lowest BCUT2D eigenvalue weighted by molar-refractivity contribution is -0.205. The number of hydrogen-bond acceptors (Lipinski definition) is 6. The normalized spacial score (nSPS) is 46.3. The van der Waals surface area contributed by atoms with Crippen molar-refractivity contribution in [3.05, 3.63) is 12.3 Å². The first-order valence-corrected chi connectivity index (χ1v) is 9.83. The van der Waals surface area contributed by atoms with E-state index >= 15 is 0 Å². The van der Waals surface area contributed by atoms with E-state index in [9.17, 15) is 30.0 Å². The van der Waals surface area contributed by atoms with E-state index in [1.807, 2.05) is 13.8 Å². The molecule has 0 aromatic heterocycles. The Kier molecular flexibility index (Phi) is 5.96. The van der Waals surface area contributed by atoms with E-state index in [4.69, 9.17) is 0 Å². The summed E-state index contributed by atoms with van der Waals surface area (Å²) in [5, 5.41) is 41.1. The Hall–Kier alpha value is -1.24. The molecule has 0 aromatic rings. The van der Waals surface area contributed by atoms with Crippen LogP contribution in [-0.4, -0.2) is 49.8 Å². The summed E-state index contributed by atoms with van der Waals surface area (Å²) < 4.78 is 0. The number of ketones is 2. The van der Waals surface area contributed by atoms with E-state index in [0.29, 0.717) is 19.1 Å². The highest BCUT2D eigenvalue weighted by molar-refractivity contribution is 6.00. The van der Waals surface area contributed by atoms with Gasteiger partial charge in [0.25, 0.3) is 0 Å². The van der Waals surface area contributed by atoms with Crippen LogP contribution in [0.5, 0.6) is 0 Å². The Bertz CT molecular complexity index is 618. The Morgan fingerprint density at radius 1 is 1.26 bits per heavy atom. The largest absolute Gasteiger partial charge is 0.515 e. The van der Waals surface area contributed by atoms with Gasteiger partial charge in [-0.1, -0.05) is 27.2 Å². The van der Waals surface area contributed by atoms with E-state index in [0.717, 1.165) is 6.08 Å². The zero-order valence-corrected chi connectivity index (χ0v) is 17.0. The van der Waals surface area contributed by atoms with Crippen molar-refractivity contribution in [1.29, 1.82) is 0 Å². The zero-order valence-electron chi connectivity index (χ0n) is 17.0. The monoisotopic (exact) mass is 382 g/mol. The molecule has 8 atom stereocenters. The average Bonchev–Trinajstić information content (AvgIpc) is 2.55. The van der Waals surface area contributed by atoms with Crippen molar-refractivity contribution in [1.82, 2.24) is 0 Å². The van der Waals surface area contributed by atoms with Gasteiger partial charge in [-0.2, -0.15) is 0 Å². The molecule has 2 aliphatic carbocycles. The number of rotatable bonds is 5. The summed E-state index contributed by atoms with van der Waals surface area (Å²) in [4.78, 5) is 26.5. The van der Waals surface area contributed by atoms with Gasteiger partial charge in [-0.3, -0.25) is 9.59 Å². The third-order valence-corrected chi connectivity index (χ3v) is 7.23. The number of carbonyl (C=O) groups is 2. The molecule has 0 amide bonds. The molecular weight excluding hydrogens is 348 g/mol. The number of fused-ring (bicyclic) bond motifs is 1. The minimum Gasteiger partial charge on any atom is -0.515 e. The van der Waals surface area contributed by atoms with E-state index in [2.05, 4.69) is 0 Å². The number of Topliss-reactive ketones (excluding diaryl/α,β-unsaturated/α-hetero) is 1. The SMILES string of the molecule is CC[C@H](CO)[C@@H]1[C@](C)(C(=O)/C=C\O)[C@H]2[C@H](C)C[C@@](C)(O)C[C@@H]2C(=O)[C@@]1(C)O. The molecule has 0 bridgehead atoms. The number of allylic oxidation sites excluding steroid dienone is 1. The zero-order chi connectivity index (χ0) is 20.8. The second kappa shape index (κ2) is 7.30. The fraction of sp³-hybridized carbons (Fsp3) is 0.810. The third-order valence-electron chi connectivity index (χ3n) is 7.23. The summed E-state index contributed by atoms with van der Waals surface area (Å²) in [6.45, 7) is 8.38. The maximum Gasteiger partial charge on any atom is 0.167 e. The van der Waals surface area contributed by atoms with Gasteiger partial charge < -0.3 is 20.4 Å². The summed E-state index contributed by atoms with van der Waals surface area (Å²) in [6.07, 6.45) is 2.90. The molecule has 154 valence electrons. The molecule has 0 aromatic carbocycles. The summed E-state index contributed by atoms with van der Waals surface area (Å²) >= 11 is 0. The quantitative estimate of drug-likeness (QED) is 0.427. The van der Waals surface area contributed by atoms with E-state index in [1.165, 1.54) is 6.92 Å². The van der Waals surface area contributed by atoms with Crippen molar-refractivity contribution in [2.75, 3.05) is 6.61 Å². The topological polar surface area (TPSA) is 115 Å². The molecule has 0 radical (unpaired) electrons. The molecule has 0 unspecified atom stereocenters. The van der Waals surface area contributed by atoms with E-state index in [-0.39, 0.29) is 36.4 Å². The molecular formula is C21H34O6. The van der Waals surface area contributed by atoms with Crippen molar-refractivity contribution >= 4 is 11.6 Å². The summed E-state index contributed by atoms with van der Waals surface area (Å²) in [5.74, 6) is -3.15. The molecule has 4 N–H and O–H groups in total. The molecule has 27 heavy (non-hydrogen) atoms.